The number of rotatable bonds is 2. The summed E-state index contributed by atoms with van der Waals surface area (Å²) in [5.74, 6) is 0.132. The van der Waals surface area contributed by atoms with Crippen LogP contribution >= 0.6 is 0 Å². The molecular formula is C12H16N2O2. The van der Waals surface area contributed by atoms with Crippen LogP contribution in [-0.2, 0) is 0 Å². The normalized spacial score (nSPS) is 15.6. The van der Waals surface area contributed by atoms with Crippen molar-refractivity contribution in [3.63, 3.8) is 0 Å². The van der Waals surface area contributed by atoms with Crippen LogP contribution in [0.15, 0.2) is 18.2 Å². The SMILES string of the molecule is Cc1ccc(C(=O)N(C)C2CNC2)cc1O. The molecule has 0 spiro atoms. The van der Waals surface area contributed by atoms with Gasteiger partial charge in [-0.1, -0.05) is 6.07 Å². The minimum Gasteiger partial charge on any atom is -0.508 e. The van der Waals surface area contributed by atoms with Crippen molar-refractivity contribution in [3.8, 4) is 5.75 Å². The summed E-state index contributed by atoms with van der Waals surface area (Å²) in [6.45, 7) is 3.50. The first-order valence-electron chi connectivity index (χ1n) is 5.37. The Morgan fingerprint density at radius 3 is 2.69 bits per heavy atom. The van der Waals surface area contributed by atoms with E-state index >= 15 is 0 Å². The zero-order valence-corrected chi connectivity index (χ0v) is 9.53. The van der Waals surface area contributed by atoms with Crippen molar-refractivity contribution in [1.29, 1.82) is 0 Å². The third kappa shape index (κ3) is 1.88. The average molecular weight is 220 g/mol. The number of aryl methyl sites for hydroxylation is 1. The van der Waals surface area contributed by atoms with Gasteiger partial charge < -0.3 is 15.3 Å². The van der Waals surface area contributed by atoms with Crippen LogP contribution in [0.3, 0.4) is 0 Å². The lowest BCUT2D eigenvalue weighted by atomic mass is 10.1. The molecule has 1 aromatic carbocycles. The number of benzene rings is 1. The van der Waals surface area contributed by atoms with Gasteiger partial charge in [-0.15, -0.1) is 0 Å². The van der Waals surface area contributed by atoms with E-state index in [0.717, 1.165) is 18.7 Å². The fraction of sp³-hybridized carbons (Fsp3) is 0.417. The van der Waals surface area contributed by atoms with Gasteiger partial charge in [-0.3, -0.25) is 4.79 Å². The Morgan fingerprint density at radius 1 is 1.50 bits per heavy atom. The van der Waals surface area contributed by atoms with E-state index in [0.29, 0.717) is 5.56 Å². The Labute approximate surface area is 94.9 Å². The molecule has 0 aliphatic carbocycles. The van der Waals surface area contributed by atoms with Crippen molar-refractivity contribution in [2.24, 2.45) is 0 Å². The topological polar surface area (TPSA) is 52.6 Å². The standard InChI is InChI=1S/C12H16N2O2/c1-8-3-4-9(5-11(8)15)12(16)14(2)10-6-13-7-10/h3-5,10,13,15H,6-7H2,1-2H3. The molecule has 16 heavy (non-hydrogen) atoms. The number of hydrogen-bond acceptors (Lipinski definition) is 3. The smallest absolute Gasteiger partial charge is 0.254 e. The monoisotopic (exact) mass is 220 g/mol. The summed E-state index contributed by atoms with van der Waals surface area (Å²) in [6.07, 6.45) is 0. The lowest BCUT2D eigenvalue weighted by Crippen LogP contribution is -2.57. The molecule has 1 heterocycles. The highest BCUT2D eigenvalue weighted by Gasteiger charge is 2.26. The number of likely N-dealkylation sites (N-methyl/N-ethyl adjacent to an activating group) is 1. The number of nitrogens with zero attached hydrogens (tertiary/aromatic N) is 1. The van der Waals surface area contributed by atoms with Crippen molar-refractivity contribution in [1.82, 2.24) is 10.2 Å². The lowest BCUT2D eigenvalue weighted by Gasteiger charge is -2.35. The van der Waals surface area contributed by atoms with Crippen LogP contribution in [0.4, 0.5) is 0 Å². The van der Waals surface area contributed by atoms with Crippen LogP contribution in [0.25, 0.3) is 0 Å². The molecule has 1 aromatic rings. The Kier molecular flexibility index (Phi) is 2.83. The molecule has 86 valence electrons. The average Bonchev–Trinajstić information content (AvgIpc) is 2.18. The molecule has 0 unspecified atom stereocenters. The van der Waals surface area contributed by atoms with Crippen LogP contribution in [0.5, 0.6) is 5.75 Å². The van der Waals surface area contributed by atoms with Gasteiger partial charge in [0.05, 0.1) is 6.04 Å². The number of carbonyl (C=O) groups is 1. The largest absolute Gasteiger partial charge is 0.508 e. The van der Waals surface area contributed by atoms with Crippen molar-refractivity contribution < 1.29 is 9.90 Å². The van der Waals surface area contributed by atoms with E-state index in [1.807, 2.05) is 6.92 Å². The summed E-state index contributed by atoms with van der Waals surface area (Å²) in [4.78, 5) is 13.8. The molecule has 1 saturated heterocycles. The van der Waals surface area contributed by atoms with Crippen LogP contribution in [0.1, 0.15) is 15.9 Å². The molecule has 0 aromatic heterocycles. The lowest BCUT2D eigenvalue weighted by molar-refractivity contribution is 0.0681. The molecule has 0 saturated carbocycles. The summed E-state index contributed by atoms with van der Waals surface area (Å²) in [5.41, 5.74) is 1.32. The van der Waals surface area contributed by atoms with Gasteiger partial charge in [0.25, 0.3) is 5.91 Å². The summed E-state index contributed by atoms with van der Waals surface area (Å²) < 4.78 is 0. The second-order valence-corrected chi connectivity index (χ2v) is 4.23. The highest BCUT2D eigenvalue weighted by Crippen LogP contribution is 2.19. The van der Waals surface area contributed by atoms with Gasteiger partial charge in [0.15, 0.2) is 0 Å². The van der Waals surface area contributed by atoms with E-state index in [4.69, 9.17) is 0 Å². The number of hydrogen-bond donors (Lipinski definition) is 2. The maximum absolute atomic E-state index is 12.0. The maximum atomic E-state index is 12.0. The second-order valence-electron chi connectivity index (χ2n) is 4.23. The van der Waals surface area contributed by atoms with E-state index in [-0.39, 0.29) is 17.7 Å². The number of phenolic OH excluding ortho intramolecular Hbond substituents is 1. The van der Waals surface area contributed by atoms with Gasteiger partial charge in [-0.25, -0.2) is 0 Å². The van der Waals surface area contributed by atoms with Gasteiger partial charge in [0, 0.05) is 25.7 Å². The zero-order valence-electron chi connectivity index (χ0n) is 9.53. The minimum absolute atomic E-state index is 0.0400. The first-order chi connectivity index (χ1) is 7.59. The first kappa shape index (κ1) is 11.0. The molecule has 1 aliphatic rings. The summed E-state index contributed by atoms with van der Waals surface area (Å²) in [7, 11) is 1.80. The molecule has 4 heteroatoms. The summed E-state index contributed by atoms with van der Waals surface area (Å²) >= 11 is 0. The second kappa shape index (κ2) is 4.14. The van der Waals surface area contributed by atoms with E-state index in [1.165, 1.54) is 6.07 Å². The molecule has 1 aliphatic heterocycles. The summed E-state index contributed by atoms with van der Waals surface area (Å²) in [5, 5.41) is 12.7. The number of nitrogens with one attached hydrogen (secondary N) is 1. The minimum atomic E-state index is -0.0400. The highest BCUT2D eigenvalue weighted by atomic mass is 16.3. The Bertz CT molecular complexity index is 413. The Hall–Kier alpha value is -1.55. The fourth-order valence-corrected chi connectivity index (χ4v) is 1.66. The Morgan fingerprint density at radius 2 is 2.19 bits per heavy atom. The van der Waals surface area contributed by atoms with E-state index in [2.05, 4.69) is 5.32 Å². The maximum Gasteiger partial charge on any atom is 0.254 e. The number of aromatic hydroxyl groups is 1. The first-order valence-corrected chi connectivity index (χ1v) is 5.37. The molecule has 0 bridgehead atoms. The molecule has 1 amide bonds. The fourth-order valence-electron chi connectivity index (χ4n) is 1.66. The predicted molar refractivity (Wildman–Crippen MR) is 61.6 cm³/mol. The number of carbonyl (C=O) groups excluding carboxylic acids is 1. The van der Waals surface area contributed by atoms with Gasteiger partial charge in [0.2, 0.25) is 0 Å². The van der Waals surface area contributed by atoms with E-state index in [1.54, 1.807) is 24.1 Å². The van der Waals surface area contributed by atoms with Gasteiger partial charge in [-0.05, 0) is 24.6 Å². The predicted octanol–water partition coefficient (Wildman–Crippen LogP) is 0.744. The van der Waals surface area contributed by atoms with Crippen LogP contribution in [0.2, 0.25) is 0 Å². The van der Waals surface area contributed by atoms with Crippen molar-refractivity contribution in [2.75, 3.05) is 20.1 Å². The van der Waals surface area contributed by atoms with Crippen molar-refractivity contribution >= 4 is 5.91 Å². The molecule has 2 rings (SSSR count). The molecule has 0 atom stereocenters. The summed E-state index contributed by atoms with van der Waals surface area (Å²) in [6, 6.07) is 5.31. The van der Waals surface area contributed by atoms with Crippen molar-refractivity contribution in [2.45, 2.75) is 13.0 Å². The van der Waals surface area contributed by atoms with Crippen LogP contribution < -0.4 is 5.32 Å². The van der Waals surface area contributed by atoms with E-state index in [9.17, 15) is 9.90 Å². The zero-order chi connectivity index (χ0) is 11.7. The van der Waals surface area contributed by atoms with Crippen LogP contribution in [0, 0.1) is 6.92 Å². The Balaban J connectivity index is 2.16. The van der Waals surface area contributed by atoms with Gasteiger partial charge in [-0.2, -0.15) is 0 Å². The molecular weight excluding hydrogens is 204 g/mol. The molecule has 1 fully saturated rings. The third-order valence-corrected chi connectivity index (χ3v) is 3.08. The van der Waals surface area contributed by atoms with Crippen molar-refractivity contribution in [3.05, 3.63) is 29.3 Å². The molecule has 0 radical (unpaired) electrons. The van der Waals surface area contributed by atoms with E-state index < -0.39 is 0 Å². The van der Waals surface area contributed by atoms with Gasteiger partial charge >= 0.3 is 0 Å². The number of amides is 1. The van der Waals surface area contributed by atoms with Crippen LogP contribution in [-0.4, -0.2) is 42.1 Å². The molecule has 4 nitrogen and oxygen atoms in total. The quantitative estimate of drug-likeness (QED) is 0.773. The highest BCUT2D eigenvalue weighted by molar-refractivity contribution is 5.94. The van der Waals surface area contributed by atoms with Gasteiger partial charge in [0.1, 0.15) is 5.75 Å². The molecule has 2 N–H and O–H groups in total. The third-order valence-electron chi connectivity index (χ3n) is 3.08. The number of phenols is 1.